The molecule has 0 radical (unpaired) electrons. The molecule has 0 bridgehead atoms. The summed E-state index contributed by atoms with van der Waals surface area (Å²) in [4.78, 5) is 10.1. The third-order valence-corrected chi connectivity index (χ3v) is 2.39. The van der Waals surface area contributed by atoms with Gasteiger partial charge in [0.1, 0.15) is 17.5 Å². The van der Waals surface area contributed by atoms with Crippen LogP contribution in [0.15, 0.2) is 18.2 Å². The van der Waals surface area contributed by atoms with Crippen molar-refractivity contribution in [2.75, 3.05) is 18.9 Å². The Morgan fingerprint density at radius 3 is 3.00 bits per heavy atom. The molecule has 1 aromatic carbocycles. The second-order valence-electron chi connectivity index (χ2n) is 3.58. The maximum atomic E-state index is 10.7. The lowest BCUT2D eigenvalue weighted by Crippen LogP contribution is -2.15. The molecular weight excluding hydrogens is 212 g/mol. The van der Waals surface area contributed by atoms with Gasteiger partial charge in [-0.1, -0.05) is 0 Å². The van der Waals surface area contributed by atoms with Crippen molar-refractivity contribution >= 4 is 11.4 Å². The first-order valence-corrected chi connectivity index (χ1v) is 4.95. The third-order valence-electron chi connectivity index (χ3n) is 2.39. The van der Waals surface area contributed by atoms with Gasteiger partial charge in [0, 0.05) is 6.42 Å². The zero-order valence-corrected chi connectivity index (χ0v) is 8.59. The Labute approximate surface area is 92.1 Å². The molecule has 1 aliphatic heterocycles. The first-order valence-electron chi connectivity index (χ1n) is 4.95. The molecule has 2 N–H and O–H groups in total. The summed E-state index contributed by atoms with van der Waals surface area (Å²) in [6.07, 6.45) is 0.779. The Morgan fingerprint density at radius 1 is 1.56 bits per heavy atom. The zero-order valence-electron chi connectivity index (χ0n) is 8.59. The summed E-state index contributed by atoms with van der Waals surface area (Å²) in [7, 11) is 0. The van der Waals surface area contributed by atoms with Crippen molar-refractivity contribution in [3.63, 3.8) is 0 Å². The SMILES string of the molecule is Nc1ccc(OC2CCOC2)cc1[N+](=O)[O-]. The minimum Gasteiger partial charge on any atom is -0.488 e. The number of benzene rings is 1. The standard InChI is InChI=1S/C10H12N2O4/c11-9-2-1-7(5-10(9)12(13)14)16-8-3-4-15-6-8/h1-2,5,8H,3-4,6,11H2. The monoisotopic (exact) mass is 224 g/mol. The lowest BCUT2D eigenvalue weighted by Gasteiger charge is -2.11. The molecule has 1 aliphatic rings. The van der Waals surface area contributed by atoms with Crippen molar-refractivity contribution in [3.8, 4) is 5.75 Å². The molecule has 1 heterocycles. The summed E-state index contributed by atoms with van der Waals surface area (Å²) < 4.78 is 10.7. The molecule has 6 nitrogen and oxygen atoms in total. The van der Waals surface area contributed by atoms with Crippen LogP contribution in [0.4, 0.5) is 11.4 Å². The number of hydrogen-bond acceptors (Lipinski definition) is 5. The van der Waals surface area contributed by atoms with E-state index in [1.165, 1.54) is 12.1 Å². The second-order valence-corrected chi connectivity index (χ2v) is 3.58. The molecule has 0 amide bonds. The van der Waals surface area contributed by atoms with E-state index in [0.717, 1.165) is 6.42 Å². The van der Waals surface area contributed by atoms with Crippen molar-refractivity contribution < 1.29 is 14.4 Å². The number of anilines is 1. The molecule has 1 unspecified atom stereocenters. The second kappa shape index (κ2) is 4.36. The van der Waals surface area contributed by atoms with E-state index in [4.69, 9.17) is 15.2 Å². The summed E-state index contributed by atoms with van der Waals surface area (Å²) in [5.41, 5.74) is 5.49. The fourth-order valence-corrected chi connectivity index (χ4v) is 1.55. The third kappa shape index (κ3) is 2.22. The molecule has 2 rings (SSSR count). The smallest absolute Gasteiger partial charge is 0.295 e. The van der Waals surface area contributed by atoms with Crippen LogP contribution < -0.4 is 10.5 Å². The van der Waals surface area contributed by atoms with Crippen molar-refractivity contribution in [1.82, 2.24) is 0 Å². The average molecular weight is 224 g/mol. The fourth-order valence-electron chi connectivity index (χ4n) is 1.55. The van der Waals surface area contributed by atoms with E-state index in [1.807, 2.05) is 0 Å². The molecule has 16 heavy (non-hydrogen) atoms. The van der Waals surface area contributed by atoms with Gasteiger partial charge in [0.2, 0.25) is 0 Å². The molecule has 1 atom stereocenters. The Kier molecular flexibility index (Phi) is 2.91. The van der Waals surface area contributed by atoms with Crippen molar-refractivity contribution in [1.29, 1.82) is 0 Å². The van der Waals surface area contributed by atoms with Crippen LogP contribution in [0.5, 0.6) is 5.75 Å². The van der Waals surface area contributed by atoms with E-state index < -0.39 is 4.92 Å². The van der Waals surface area contributed by atoms with Gasteiger partial charge in [-0.2, -0.15) is 0 Å². The molecule has 1 saturated heterocycles. The molecule has 0 aromatic heterocycles. The molecule has 1 fully saturated rings. The summed E-state index contributed by atoms with van der Waals surface area (Å²) in [6, 6.07) is 4.44. The van der Waals surface area contributed by atoms with Crippen LogP contribution in [0, 0.1) is 10.1 Å². The molecule has 0 aliphatic carbocycles. The Balaban J connectivity index is 2.15. The van der Waals surface area contributed by atoms with Crippen molar-refractivity contribution in [2.24, 2.45) is 0 Å². The van der Waals surface area contributed by atoms with E-state index >= 15 is 0 Å². The summed E-state index contributed by atoms with van der Waals surface area (Å²) in [6.45, 7) is 1.19. The highest BCUT2D eigenvalue weighted by Gasteiger charge is 2.19. The van der Waals surface area contributed by atoms with Crippen LogP contribution in [0.2, 0.25) is 0 Å². The van der Waals surface area contributed by atoms with Gasteiger partial charge in [-0.3, -0.25) is 10.1 Å². The number of ether oxygens (including phenoxy) is 2. The first kappa shape index (κ1) is 10.7. The van der Waals surface area contributed by atoms with Gasteiger partial charge >= 0.3 is 0 Å². The van der Waals surface area contributed by atoms with Crippen molar-refractivity contribution in [3.05, 3.63) is 28.3 Å². The topological polar surface area (TPSA) is 87.6 Å². The molecular formula is C10H12N2O4. The number of hydrogen-bond donors (Lipinski definition) is 1. The normalized spacial score (nSPS) is 19.6. The van der Waals surface area contributed by atoms with Gasteiger partial charge in [0.15, 0.2) is 0 Å². The van der Waals surface area contributed by atoms with Gasteiger partial charge in [-0.25, -0.2) is 0 Å². The number of nitrogens with two attached hydrogens (primary N) is 1. The van der Waals surface area contributed by atoms with Gasteiger partial charge in [0.05, 0.1) is 24.2 Å². The lowest BCUT2D eigenvalue weighted by molar-refractivity contribution is -0.384. The van der Waals surface area contributed by atoms with E-state index in [0.29, 0.717) is 19.0 Å². The van der Waals surface area contributed by atoms with Crippen LogP contribution in [0.25, 0.3) is 0 Å². The number of nitrogen functional groups attached to an aromatic ring is 1. The number of nitro groups is 1. The van der Waals surface area contributed by atoms with Crippen LogP contribution >= 0.6 is 0 Å². The van der Waals surface area contributed by atoms with Crippen molar-refractivity contribution in [2.45, 2.75) is 12.5 Å². The predicted molar refractivity (Wildman–Crippen MR) is 57.4 cm³/mol. The molecule has 0 saturated carbocycles. The van der Waals surface area contributed by atoms with E-state index in [-0.39, 0.29) is 17.5 Å². The highest BCUT2D eigenvalue weighted by atomic mass is 16.6. The quantitative estimate of drug-likeness (QED) is 0.475. The number of nitrogens with zero attached hydrogens (tertiary/aromatic N) is 1. The highest BCUT2D eigenvalue weighted by Crippen LogP contribution is 2.27. The van der Waals surface area contributed by atoms with Gasteiger partial charge in [0.25, 0.3) is 5.69 Å². The van der Waals surface area contributed by atoms with E-state index in [9.17, 15) is 10.1 Å². The van der Waals surface area contributed by atoms with Gasteiger partial charge < -0.3 is 15.2 Å². The maximum absolute atomic E-state index is 10.7. The number of nitro benzene ring substituents is 1. The lowest BCUT2D eigenvalue weighted by atomic mass is 10.2. The minimum absolute atomic E-state index is 0.0248. The summed E-state index contributed by atoms with van der Waals surface area (Å²) >= 11 is 0. The van der Waals surface area contributed by atoms with E-state index in [2.05, 4.69) is 0 Å². The van der Waals surface area contributed by atoms with E-state index in [1.54, 1.807) is 6.07 Å². The van der Waals surface area contributed by atoms with Crippen LogP contribution in [-0.4, -0.2) is 24.2 Å². The van der Waals surface area contributed by atoms with Crippen LogP contribution in [-0.2, 0) is 4.74 Å². The Hall–Kier alpha value is -1.82. The van der Waals surface area contributed by atoms with Gasteiger partial charge in [-0.15, -0.1) is 0 Å². The predicted octanol–water partition coefficient (Wildman–Crippen LogP) is 1.34. The number of rotatable bonds is 3. The van der Waals surface area contributed by atoms with Crippen LogP contribution in [0.1, 0.15) is 6.42 Å². The highest BCUT2D eigenvalue weighted by molar-refractivity contribution is 5.60. The van der Waals surface area contributed by atoms with Crippen LogP contribution in [0.3, 0.4) is 0 Å². The van der Waals surface area contributed by atoms with Gasteiger partial charge in [-0.05, 0) is 12.1 Å². The fraction of sp³-hybridized carbons (Fsp3) is 0.400. The molecule has 0 spiro atoms. The maximum Gasteiger partial charge on any atom is 0.295 e. The Bertz CT molecular complexity index is 402. The molecule has 1 aromatic rings. The molecule has 6 heteroatoms. The minimum atomic E-state index is -0.520. The summed E-state index contributed by atoms with van der Waals surface area (Å²) in [5, 5.41) is 10.7. The first-order chi connectivity index (χ1) is 7.66. The average Bonchev–Trinajstić information content (AvgIpc) is 2.73. The summed E-state index contributed by atoms with van der Waals surface area (Å²) in [5.74, 6) is 0.455. The molecule has 86 valence electrons. The zero-order chi connectivity index (χ0) is 11.5. The Morgan fingerprint density at radius 2 is 2.38 bits per heavy atom. The largest absolute Gasteiger partial charge is 0.488 e.